The van der Waals surface area contributed by atoms with E-state index in [9.17, 15) is 26.4 Å². The summed E-state index contributed by atoms with van der Waals surface area (Å²) in [7, 11) is -3.02. The molecule has 0 aromatic heterocycles. The van der Waals surface area contributed by atoms with Gasteiger partial charge in [-0.3, -0.25) is 4.79 Å². The maximum Gasteiger partial charge on any atom is 0.399 e. The van der Waals surface area contributed by atoms with Gasteiger partial charge in [-0.15, -0.1) is 0 Å². The number of hydrogen-bond donors (Lipinski definition) is 0. The minimum Gasteiger partial charge on any atom is -0.294 e. The minimum absolute atomic E-state index is 0.00522. The van der Waals surface area contributed by atoms with Crippen molar-refractivity contribution in [3.05, 3.63) is 72.6 Å². The van der Waals surface area contributed by atoms with Gasteiger partial charge >= 0.3 is 6.18 Å². The van der Waals surface area contributed by atoms with E-state index in [1.165, 1.54) is 24.3 Å². The molecule has 0 radical (unpaired) electrons. The lowest BCUT2D eigenvalue weighted by molar-refractivity contribution is -0.139. The van der Waals surface area contributed by atoms with Crippen LogP contribution >= 0.6 is 50.7 Å². The first-order valence-electron chi connectivity index (χ1n) is 9.19. The molecule has 1 unspecified atom stereocenters. The molecule has 0 aliphatic carbocycles. The maximum absolute atomic E-state index is 13.7. The van der Waals surface area contributed by atoms with Crippen molar-refractivity contribution in [2.75, 3.05) is 11.5 Å². The summed E-state index contributed by atoms with van der Waals surface area (Å²) in [6.07, 6.45) is -2.25. The van der Waals surface area contributed by atoms with Crippen molar-refractivity contribution >= 4 is 72.4 Å². The fraction of sp³-hybridized carbons (Fsp3) is 0.286. The minimum atomic E-state index is -4.60. The Balaban J connectivity index is 1.81. The molecular formula is C21H15BrCl3F3O3S. The fourth-order valence-corrected chi connectivity index (χ4v) is 6.20. The third kappa shape index (κ3) is 6.08. The number of carbonyl (C=O) groups excluding carboxylic acids is 1. The van der Waals surface area contributed by atoms with E-state index in [1.807, 2.05) is 0 Å². The van der Waals surface area contributed by atoms with Crippen molar-refractivity contribution in [1.82, 2.24) is 0 Å². The second kappa shape index (κ2) is 9.66. The number of allylic oxidation sites excluding steroid dienone is 1. The molecule has 172 valence electrons. The summed E-state index contributed by atoms with van der Waals surface area (Å²) in [5.41, 5.74) is 0.615. The number of sulfone groups is 1. The smallest absolute Gasteiger partial charge is 0.294 e. The van der Waals surface area contributed by atoms with Crippen molar-refractivity contribution in [2.45, 2.75) is 18.5 Å². The number of benzene rings is 2. The summed E-state index contributed by atoms with van der Waals surface area (Å²) in [5, 5.41) is -0.186. The predicted octanol–water partition coefficient (Wildman–Crippen LogP) is 7.39. The fourth-order valence-electron chi connectivity index (χ4n) is 3.39. The van der Waals surface area contributed by atoms with Gasteiger partial charge in [-0.05, 0) is 41.3 Å². The van der Waals surface area contributed by atoms with Crippen LogP contribution in [-0.4, -0.2) is 31.9 Å². The first kappa shape index (κ1) is 25.6. The van der Waals surface area contributed by atoms with Gasteiger partial charge in [0.15, 0.2) is 15.6 Å². The molecule has 2 aromatic carbocycles. The lowest BCUT2D eigenvalue weighted by Gasteiger charge is -2.24. The second-order valence-electron chi connectivity index (χ2n) is 7.49. The number of Topliss-reactive ketones (excluding diaryl/α,β-unsaturated/α-hetero) is 1. The standard InChI is InChI=1S/C21H15BrCl3F3O3S/c22-16-5-11(1-3-14(16)19(29)6-12-9-32(30,31)10-12)2-4-15(21(26,27)28)13-7-17(23)20(25)18(24)8-13/h1-5,7-8,12,15H,6,9-10H2/b4-2+. The molecule has 1 heterocycles. The van der Waals surface area contributed by atoms with Crippen LogP contribution in [-0.2, 0) is 9.84 Å². The van der Waals surface area contributed by atoms with Crippen molar-refractivity contribution in [3.63, 3.8) is 0 Å². The van der Waals surface area contributed by atoms with E-state index in [-0.39, 0.29) is 50.3 Å². The van der Waals surface area contributed by atoms with Gasteiger partial charge < -0.3 is 0 Å². The Hall–Kier alpha value is -1.06. The number of ketones is 1. The summed E-state index contributed by atoms with van der Waals surface area (Å²) in [4.78, 5) is 12.4. The highest BCUT2D eigenvalue weighted by Gasteiger charge is 2.39. The number of alkyl halides is 3. The third-order valence-electron chi connectivity index (χ3n) is 4.95. The molecule has 0 spiro atoms. The first-order chi connectivity index (χ1) is 14.8. The molecule has 1 fully saturated rings. The van der Waals surface area contributed by atoms with Crippen molar-refractivity contribution < 1.29 is 26.4 Å². The number of halogens is 7. The molecule has 11 heteroatoms. The van der Waals surface area contributed by atoms with Crippen molar-refractivity contribution in [1.29, 1.82) is 0 Å². The Labute approximate surface area is 206 Å². The zero-order chi connectivity index (χ0) is 23.8. The molecular weight excluding hydrogens is 576 g/mol. The van der Waals surface area contributed by atoms with E-state index < -0.39 is 21.9 Å². The highest BCUT2D eigenvalue weighted by Crippen LogP contribution is 2.41. The molecule has 0 N–H and O–H groups in total. The van der Waals surface area contributed by atoms with Crippen molar-refractivity contribution in [3.8, 4) is 0 Å². The van der Waals surface area contributed by atoms with Crippen LogP contribution in [0.3, 0.4) is 0 Å². The van der Waals surface area contributed by atoms with Gasteiger partial charge in [0, 0.05) is 16.5 Å². The van der Waals surface area contributed by atoms with Gasteiger partial charge in [0.1, 0.15) is 0 Å². The van der Waals surface area contributed by atoms with Crippen LogP contribution in [0.15, 0.2) is 40.9 Å². The summed E-state index contributed by atoms with van der Waals surface area (Å²) in [6.45, 7) is 0. The molecule has 0 saturated carbocycles. The Morgan fingerprint density at radius 1 is 1.12 bits per heavy atom. The molecule has 1 atom stereocenters. The Morgan fingerprint density at radius 2 is 1.72 bits per heavy atom. The van der Waals surface area contributed by atoms with Gasteiger partial charge in [0.25, 0.3) is 0 Å². The van der Waals surface area contributed by atoms with Gasteiger partial charge in [-0.1, -0.05) is 69.0 Å². The summed E-state index contributed by atoms with van der Waals surface area (Å²) in [6, 6.07) is 6.78. The summed E-state index contributed by atoms with van der Waals surface area (Å²) < 4.78 is 63.9. The highest BCUT2D eigenvalue weighted by atomic mass is 79.9. The van der Waals surface area contributed by atoms with Crippen LogP contribution in [0.2, 0.25) is 15.1 Å². The van der Waals surface area contributed by atoms with E-state index >= 15 is 0 Å². The van der Waals surface area contributed by atoms with Crippen molar-refractivity contribution in [2.24, 2.45) is 5.92 Å². The number of rotatable bonds is 6. The normalized spacial score (nSPS) is 17.3. The predicted molar refractivity (Wildman–Crippen MR) is 125 cm³/mol. The highest BCUT2D eigenvalue weighted by molar-refractivity contribution is 9.10. The van der Waals surface area contributed by atoms with Crippen LogP contribution in [0.25, 0.3) is 6.08 Å². The molecule has 3 rings (SSSR count). The van der Waals surface area contributed by atoms with E-state index in [4.69, 9.17) is 34.8 Å². The first-order valence-corrected chi connectivity index (χ1v) is 12.9. The van der Waals surface area contributed by atoms with E-state index in [0.29, 0.717) is 15.6 Å². The molecule has 32 heavy (non-hydrogen) atoms. The zero-order valence-corrected chi connectivity index (χ0v) is 20.8. The SMILES string of the molecule is O=C(CC1CS(=O)(=O)C1)c1ccc(/C=C/C(c2cc(Cl)c(Cl)c(Cl)c2)C(F)(F)F)cc1Br. The van der Waals surface area contributed by atoms with Crippen LogP contribution < -0.4 is 0 Å². The van der Waals surface area contributed by atoms with Gasteiger partial charge in [0.2, 0.25) is 0 Å². The quantitative estimate of drug-likeness (QED) is 0.261. The zero-order valence-electron chi connectivity index (χ0n) is 16.1. The van der Waals surface area contributed by atoms with Gasteiger partial charge in [-0.2, -0.15) is 13.2 Å². The van der Waals surface area contributed by atoms with Crippen LogP contribution in [0.5, 0.6) is 0 Å². The van der Waals surface area contributed by atoms with E-state index in [2.05, 4.69) is 15.9 Å². The average molecular weight is 591 g/mol. The maximum atomic E-state index is 13.7. The topological polar surface area (TPSA) is 51.2 Å². The van der Waals surface area contributed by atoms with Crippen LogP contribution in [0.4, 0.5) is 13.2 Å². The number of carbonyl (C=O) groups is 1. The number of hydrogen-bond acceptors (Lipinski definition) is 3. The molecule has 0 bridgehead atoms. The monoisotopic (exact) mass is 588 g/mol. The molecule has 1 saturated heterocycles. The van der Waals surface area contributed by atoms with Crippen LogP contribution in [0, 0.1) is 5.92 Å². The molecule has 2 aromatic rings. The lowest BCUT2D eigenvalue weighted by atomic mass is 9.96. The largest absolute Gasteiger partial charge is 0.399 e. The molecule has 3 nitrogen and oxygen atoms in total. The summed E-state index contributed by atoms with van der Waals surface area (Å²) >= 11 is 20.9. The van der Waals surface area contributed by atoms with Gasteiger partial charge in [0.05, 0.1) is 32.5 Å². The Morgan fingerprint density at radius 3 is 2.22 bits per heavy atom. The van der Waals surface area contributed by atoms with Gasteiger partial charge in [-0.25, -0.2) is 8.42 Å². The second-order valence-corrected chi connectivity index (χ2v) is 11.7. The third-order valence-corrected chi connectivity index (χ3v) is 8.76. The van der Waals surface area contributed by atoms with E-state index in [0.717, 1.165) is 18.2 Å². The Bertz CT molecular complexity index is 1160. The average Bonchev–Trinajstić information content (AvgIpc) is 2.63. The molecule has 1 aliphatic rings. The summed E-state index contributed by atoms with van der Waals surface area (Å²) in [5.74, 6) is -2.42. The Kier molecular flexibility index (Phi) is 7.72. The van der Waals surface area contributed by atoms with Crippen LogP contribution in [0.1, 0.15) is 33.8 Å². The molecule has 0 amide bonds. The molecule has 1 aliphatic heterocycles. The van der Waals surface area contributed by atoms with E-state index in [1.54, 1.807) is 0 Å². The lowest BCUT2D eigenvalue weighted by Crippen LogP contribution is -2.37.